The summed E-state index contributed by atoms with van der Waals surface area (Å²) < 4.78 is 22.2. The molecule has 2 aromatic carbocycles. The van der Waals surface area contributed by atoms with E-state index in [4.69, 9.17) is 70.7 Å². The van der Waals surface area contributed by atoms with Gasteiger partial charge in [-0.2, -0.15) is 0 Å². The van der Waals surface area contributed by atoms with Crippen LogP contribution in [0.5, 0.6) is 0 Å². The molecule has 6 fully saturated rings. The molecular weight excluding hydrogens is 938 g/mol. The topological polar surface area (TPSA) is 166 Å². The number of fused-ring (bicyclic) bond motifs is 4. The van der Waals surface area contributed by atoms with Gasteiger partial charge in [0.15, 0.2) is 12.0 Å². The summed E-state index contributed by atoms with van der Waals surface area (Å²) in [5, 5.41) is 14.2. The normalized spacial score (nSPS) is 24.3. The van der Waals surface area contributed by atoms with E-state index in [9.17, 15) is 14.4 Å². The molecule has 6 aliphatic rings. The second-order valence-corrected chi connectivity index (χ2v) is 22.5. The second kappa shape index (κ2) is 20.2. The summed E-state index contributed by atoms with van der Waals surface area (Å²) in [6.45, 7) is 12.1. The minimum atomic E-state index is -0.477. The molecule has 362 valence electrons. The lowest BCUT2D eigenvalue weighted by Crippen LogP contribution is -2.52. The van der Waals surface area contributed by atoms with Gasteiger partial charge in [0.2, 0.25) is 0 Å². The number of rotatable bonds is 8. The maximum atomic E-state index is 12.8. The maximum absolute atomic E-state index is 12.8. The van der Waals surface area contributed by atoms with E-state index in [1.54, 1.807) is 18.2 Å². The third-order valence-corrected chi connectivity index (χ3v) is 14.5. The standard InChI is InChI=1S/C25H31Cl2N3O3.C13H9Cl2NO2.C12H22N2O2/c1-25(2,3)32-24(31)30-16-9-10-17(30)12-15(11-16)28-13-18-22(29-33-23(18)14-7-8-14)21-19(26)5-4-6-20(21)27;14-9-2-1-3-10(15)11(9)12-8(6-17)13(18-16-12)7-4-5-7;1-12(2,3)16-11(15)14-9-4-5-10(14)7-8(13)6-9/h4-6,14-17,28H,7-13H2,1-3H3;1-3,6-7H,4-5H2;8-10H,4-7,13H2,1-3H3. The molecule has 0 radical (unpaired) electrons. The van der Waals surface area contributed by atoms with E-state index in [1.165, 1.54) is 0 Å². The number of hydrogen-bond donors (Lipinski definition) is 2. The van der Waals surface area contributed by atoms with Crippen molar-refractivity contribution in [3.63, 3.8) is 0 Å². The molecular formula is C50H62Cl4N6O7. The number of nitrogens with two attached hydrogens (primary N) is 1. The Kier molecular flexibility index (Phi) is 15.0. The van der Waals surface area contributed by atoms with E-state index in [1.807, 2.05) is 69.5 Å². The van der Waals surface area contributed by atoms with E-state index in [2.05, 4.69) is 15.6 Å². The Balaban J connectivity index is 0.000000150. The molecule has 13 nitrogen and oxygen atoms in total. The highest BCUT2D eigenvalue weighted by Gasteiger charge is 2.46. The van der Waals surface area contributed by atoms with Crippen LogP contribution in [-0.2, 0) is 16.0 Å². The van der Waals surface area contributed by atoms with Crippen LogP contribution in [0.2, 0.25) is 20.1 Å². The highest BCUT2D eigenvalue weighted by atomic mass is 35.5. The van der Waals surface area contributed by atoms with Crippen molar-refractivity contribution in [2.24, 2.45) is 5.73 Å². The molecule has 4 atom stereocenters. The quantitative estimate of drug-likeness (QED) is 0.161. The summed E-state index contributed by atoms with van der Waals surface area (Å²) in [4.78, 5) is 40.0. The van der Waals surface area contributed by atoms with Crippen molar-refractivity contribution >= 4 is 64.9 Å². The van der Waals surface area contributed by atoms with Crippen LogP contribution in [0, 0.1) is 0 Å². The molecule has 67 heavy (non-hydrogen) atoms. The lowest BCUT2D eigenvalue weighted by molar-refractivity contribution is 0.00403. The van der Waals surface area contributed by atoms with E-state index in [0.717, 1.165) is 106 Å². The van der Waals surface area contributed by atoms with Gasteiger partial charge in [0.25, 0.3) is 0 Å². The molecule has 3 N–H and O–H groups in total. The van der Waals surface area contributed by atoms with Crippen molar-refractivity contribution in [3.05, 3.63) is 79.1 Å². The molecule has 17 heteroatoms. The van der Waals surface area contributed by atoms with E-state index in [0.29, 0.717) is 79.2 Å². The van der Waals surface area contributed by atoms with Gasteiger partial charge in [-0.15, -0.1) is 0 Å². The number of nitrogens with zero attached hydrogens (tertiary/aromatic N) is 4. The highest BCUT2D eigenvalue weighted by Crippen LogP contribution is 2.47. The molecule has 2 aromatic heterocycles. The van der Waals surface area contributed by atoms with Gasteiger partial charge in [0.1, 0.15) is 28.4 Å². The molecule has 4 aliphatic heterocycles. The fourth-order valence-electron chi connectivity index (χ4n) is 10.1. The van der Waals surface area contributed by atoms with Crippen LogP contribution in [0.1, 0.15) is 158 Å². The Morgan fingerprint density at radius 1 is 0.672 bits per heavy atom. The number of hydrogen-bond acceptors (Lipinski definition) is 11. The molecule has 2 saturated carbocycles. The highest BCUT2D eigenvalue weighted by molar-refractivity contribution is 6.39. The van der Waals surface area contributed by atoms with Gasteiger partial charge >= 0.3 is 12.2 Å². The van der Waals surface area contributed by atoms with E-state index < -0.39 is 11.2 Å². The zero-order valence-corrected chi connectivity index (χ0v) is 42.1. The molecule has 2 amide bonds. The van der Waals surface area contributed by atoms with Crippen LogP contribution in [0.25, 0.3) is 22.5 Å². The largest absolute Gasteiger partial charge is 0.444 e. The first-order valence-electron chi connectivity index (χ1n) is 23.6. The molecule has 0 spiro atoms. The molecule has 10 rings (SSSR count). The average molecular weight is 1000 g/mol. The number of piperidine rings is 2. The summed E-state index contributed by atoms with van der Waals surface area (Å²) in [7, 11) is 0. The number of aromatic nitrogens is 2. The Morgan fingerprint density at radius 3 is 1.51 bits per heavy atom. The number of benzene rings is 2. The van der Waals surface area contributed by atoms with Gasteiger partial charge in [0.05, 0.1) is 25.7 Å². The first-order chi connectivity index (χ1) is 31.8. The monoisotopic (exact) mass is 998 g/mol. The van der Waals surface area contributed by atoms with Gasteiger partial charge in [-0.3, -0.25) is 4.79 Å². The number of amides is 2. The van der Waals surface area contributed by atoms with Crippen LogP contribution in [-0.4, -0.2) is 86.0 Å². The first kappa shape index (κ1) is 49.6. The van der Waals surface area contributed by atoms with Crippen LogP contribution in [0.4, 0.5) is 9.59 Å². The zero-order valence-electron chi connectivity index (χ0n) is 39.1. The van der Waals surface area contributed by atoms with Crippen molar-refractivity contribution in [1.82, 2.24) is 25.4 Å². The molecule has 2 aliphatic carbocycles. The Hall–Kier alpha value is -3.85. The third-order valence-electron chi connectivity index (χ3n) is 13.3. The number of ether oxygens (including phenoxy) is 2. The summed E-state index contributed by atoms with van der Waals surface area (Å²) in [6.07, 6.45) is 12.6. The number of halogens is 4. The van der Waals surface area contributed by atoms with Crippen molar-refractivity contribution in [2.45, 2.75) is 184 Å². The van der Waals surface area contributed by atoms with E-state index >= 15 is 0 Å². The van der Waals surface area contributed by atoms with Gasteiger partial charge < -0.3 is 39.4 Å². The summed E-state index contributed by atoms with van der Waals surface area (Å²) >= 11 is 25.2. The van der Waals surface area contributed by atoms with Crippen LogP contribution in [0.3, 0.4) is 0 Å². The predicted octanol–water partition coefficient (Wildman–Crippen LogP) is 12.8. The first-order valence-corrected chi connectivity index (χ1v) is 25.1. The van der Waals surface area contributed by atoms with Crippen LogP contribution < -0.4 is 11.1 Å². The van der Waals surface area contributed by atoms with Crippen LogP contribution in [0.15, 0.2) is 45.4 Å². The van der Waals surface area contributed by atoms with Gasteiger partial charge in [0, 0.05) is 71.3 Å². The zero-order chi connectivity index (χ0) is 47.9. The van der Waals surface area contributed by atoms with Gasteiger partial charge in [-0.05, 0) is 143 Å². The fraction of sp³-hybridized carbons (Fsp3) is 0.580. The van der Waals surface area contributed by atoms with Crippen LogP contribution >= 0.6 is 46.4 Å². The molecule has 4 aromatic rings. The van der Waals surface area contributed by atoms with Crippen molar-refractivity contribution < 1.29 is 32.9 Å². The maximum Gasteiger partial charge on any atom is 0.410 e. The summed E-state index contributed by atoms with van der Waals surface area (Å²) in [6, 6.07) is 12.3. The smallest absolute Gasteiger partial charge is 0.410 e. The fourth-order valence-corrected chi connectivity index (χ4v) is 11.2. The number of aldehydes is 1. The van der Waals surface area contributed by atoms with Gasteiger partial charge in [-0.25, -0.2) is 9.59 Å². The lowest BCUT2D eigenvalue weighted by Gasteiger charge is -2.39. The summed E-state index contributed by atoms with van der Waals surface area (Å²) in [5.41, 5.74) is 9.05. The molecule has 6 heterocycles. The SMILES string of the molecule is CC(C)(C)OC(=O)N1C2CCC1CC(N)C2.CC(C)(C)OC(=O)N1C2CCC1CC(NCc1c(-c3c(Cl)cccc3Cl)noc1C1CC1)C2.O=Cc1c(-c2c(Cl)cccc2Cl)noc1C1CC1. The average Bonchev–Trinajstić information content (AvgIpc) is 4.15. The van der Waals surface area contributed by atoms with Crippen molar-refractivity contribution in [1.29, 1.82) is 0 Å². The minimum absolute atomic E-state index is 0.160. The summed E-state index contributed by atoms with van der Waals surface area (Å²) in [5.74, 6) is 2.33. The second-order valence-electron chi connectivity index (χ2n) is 20.9. The molecule has 4 bridgehead atoms. The molecule has 4 saturated heterocycles. The van der Waals surface area contributed by atoms with Crippen molar-refractivity contribution in [2.75, 3.05) is 0 Å². The third kappa shape index (κ3) is 11.6. The van der Waals surface area contributed by atoms with Crippen molar-refractivity contribution in [3.8, 4) is 22.5 Å². The Labute approximate surface area is 413 Å². The number of nitrogens with one attached hydrogen (secondary N) is 1. The van der Waals surface area contributed by atoms with Gasteiger partial charge in [-0.1, -0.05) is 68.8 Å². The Bertz CT molecular complexity index is 2370. The molecule has 4 unspecified atom stereocenters. The van der Waals surface area contributed by atoms with E-state index in [-0.39, 0.29) is 30.3 Å². The number of carbonyl (C=O) groups excluding carboxylic acids is 3. The lowest BCUT2D eigenvalue weighted by atomic mass is 9.96. The number of carbonyl (C=O) groups is 3. The minimum Gasteiger partial charge on any atom is -0.444 e. The predicted molar refractivity (Wildman–Crippen MR) is 260 cm³/mol. The Morgan fingerprint density at radius 2 is 1.07 bits per heavy atom.